The Morgan fingerprint density at radius 3 is 1.86 bits per heavy atom. The number of anilines is 2. The zero-order chi connectivity index (χ0) is 15.0. The Balaban J connectivity index is 2.08. The van der Waals surface area contributed by atoms with Crippen molar-refractivity contribution in [3.05, 3.63) is 60.7 Å². The van der Waals surface area contributed by atoms with Crippen molar-refractivity contribution in [2.75, 3.05) is 9.80 Å². The Kier molecular flexibility index (Phi) is 3.26. The predicted octanol–water partition coefficient (Wildman–Crippen LogP) is 4.24. The van der Waals surface area contributed by atoms with Crippen LogP contribution < -0.4 is 9.80 Å². The molecule has 0 atom stereocenters. The molecule has 0 bridgehead atoms. The van der Waals surface area contributed by atoms with E-state index in [-0.39, 0.29) is 6.03 Å². The van der Waals surface area contributed by atoms with E-state index in [1.807, 2.05) is 74.5 Å². The van der Waals surface area contributed by atoms with Crippen LogP contribution in [0.1, 0.15) is 13.8 Å². The topological polar surface area (TPSA) is 23.6 Å². The van der Waals surface area contributed by atoms with Crippen molar-refractivity contribution in [2.45, 2.75) is 19.4 Å². The largest absolute Gasteiger partial charge is 0.334 e. The first-order valence-corrected chi connectivity index (χ1v) is 7.23. The minimum atomic E-state index is -0.538. The zero-order valence-corrected chi connectivity index (χ0v) is 12.8. The lowest BCUT2D eigenvalue weighted by molar-refractivity contribution is 0.254. The molecule has 3 nitrogen and oxygen atoms in total. The Morgan fingerprint density at radius 2 is 1.33 bits per heavy atom. The third-order valence-electron chi connectivity index (χ3n) is 3.70. The second kappa shape index (κ2) is 4.97. The molecular formula is C17H16N2OS. The van der Waals surface area contributed by atoms with Gasteiger partial charge < -0.3 is 0 Å². The molecule has 106 valence electrons. The highest BCUT2D eigenvalue weighted by molar-refractivity contribution is 7.81. The summed E-state index contributed by atoms with van der Waals surface area (Å²) in [5.41, 5.74) is 1.12. The SMILES string of the molecule is CC1(C)C(=S)N(c2ccccc2)C(=O)N1c1ccccc1. The van der Waals surface area contributed by atoms with E-state index in [1.165, 1.54) is 0 Å². The lowest BCUT2D eigenvalue weighted by Gasteiger charge is -2.29. The van der Waals surface area contributed by atoms with Crippen molar-refractivity contribution in [3.8, 4) is 0 Å². The summed E-state index contributed by atoms with van der Waals surface area (Å²) in [5.74, 6) is 0. The van der Waals surface area contributed by atoms with E-state index < -0.39 is 5.54 Å². The number of carbonyl (C=O) groups excluding carboxylic acids is 1. The van der Waals surface area contributed by atoms with Gasteiger partial charge in [0.05, 0.1) is 11.2 Å². The smallest absolute Gasteiger partial charge is 0.282 e. The minimum absolute atomic E-state index is 0.109. The minimum Gasteiger partial charge on any atom is -0.282 e. The van der Waals surface area contributed by atoms with Gasteiger partial charge in [-0.05, 0) is 38.1 Å². The van der Waals surface area contributed by atoms with Gasteiger partial charge in [-0.3, -0.25) is 9.80 Å². The van der Waals surface area contributed by atoms with Crippen LogP contribution in [0, 0.1) is 0 Å². The highest BCUT2D eigenvalue weighted by Crippen LogP contribution is 2.36. The lowest BCUT2D eigenvalue weighted by atomic mass is 10.0. The molecule has 0 radical (unpaired) electrons. The molecule has 2 amide bonds. The van der Waals surface area contributed by atoms with E-state index in [0.717, 1.165) is 11.4 Å². The van der Waals surface area contributed by atoms with Crippen LogP contribution in [-0.4, -0.2) is 16.6 Å². The van der Waals surface area contributed by atoms with Crippen molar-refractivity contribution in [3.63, 3.8) is 0 Å². The fraction of sp³-hybridized carbons (Fsp3) is 0.176. The molecule has 21 heavy (non-hydrogen) atoms. The summed E-state index contributed by atoms with van der Waals surface area (Å²) in [6, 6.07) is 19.1. The van der Waals surface area contributed by atoms with Crippen LogP contribution in [0.25, 0.3) is 0 Å². The molecule has 1 saturated heterocycles. The number of carbonyl (C=O) groups is 1. The molecule has 2 aromatic rings. The zero-order valence-electron chi connectivity index (χ0n) is 12.0. The van der Waals surface area contributed by atoms with Crippen LogP contribution in [0.2, 0.25) is 0 Å². The van der Waals surface area contributed by atoms with Crippen molar-refractivity contribution in [2.24, 2.45) is 0 Å². The van der Waals surface area contributed by atoms with Gasteiger partial charge in [0.25, 0.3) is 0 Å². The van der Waals surface area contributed by atoms with Gasteiger partial charge in [-0.25, -0.2) is 4.79 Å². The number of benzene rings is 2. The molecule has 1 aliphatic heterocycles. The Bertz CT molecular complexity index is 682. The van der Waals surface area contributed by atoms with Crippen LogP contribution in [-0.2, 0) is 0 Å². The number of thiocarbonyl (C=S) groups is 1. The van der Waals surface area contributed by atoms with Crippen LogP contribution >= 0.6 is 12.2 Å². The molecule has 1 heterocycles. The Hall–Kier alpha value is -2.20. The molecule has 3 rings (SSSR count). The molecule has 0 aromatic heterocycles. The third kappa shape index (κ3) is 2.12. The second-order valence-electron chi connectivity index (χ2n) is 5.49. The quantitative estimate of drug-likeness (QED) is 0.774. The second-order valence-corrected chi connectivity index (χ2v) is 5.88. The van der Waals surface area contributed by atoms with Gasteiger partial charge in [0.2, 0.25) is 0 Å². The highest BCUT2D eigenvalue weighted by Gasteiger charge is 2.49. The summed E-state index contributed by atoms with van der Waals surface area (Å²) in [7, 11) is 0. The maximum atomic E-state index is 12.9. The average Bonchev–Trinajstić information content (AvgIpc) is 2.67. The monoisotopic (exact) mass is 296 g/mol. The molecule has 0 saturated carbocycles. The first-order valence-electron chi connectivity index (χ1n) is 6.82. The predicted molar refractivity (Wildman–Crippen MR) is 89.9 cm³/mol. The van der Waals surface area contributed by atoms with Crippen molar-refractivity contribution in [1.82, 2.24) is 0 Å². The summed E-state index contributed by atoms with van der Waals surface area (Å²) in [6.45, 7) is 3.95. The van der Waals surface area contributed by atoms with E-state index in [9.17, 15) is 4.79 Å². The molecule has 1 fully saturated rings. The molecule has 0 unspecified atom stereocenters. The van der Waals surface area contributed by atoms with Gasteiger partial charge in [-0.2, -0.15) is 0 Å². The molecule has 0 N–H and O–H groups in total. The summed E-state index contributed by atoms with van der Waals surface area (Å²) in [5, 5.41) is 0. The maximum absolute atomic E-state index is 12.9. The molecule has 0 spiro atoms. The van der Waals surface area contributed by atoms with E-state index in [1.54, 1.807) is 9.80 Å². The normalized spacial score (nSPS) is 17.4. The summed E-state index contributed by atoms with van der Waals surface area (Å²) in [4.78, 5) is 16.9. The van der Waals surface area contributed by atoms with Crippen molar-refractivity contribution < 1.29 is 4.79 Å². The number of hydrogen-bond donors (Lipinski definition) is 0. The summed E-state index contributed by atoms with van der Waals surface area (Å²) < 4.78 is 0. The van der Waals surface area contributed by atoms with E-state index >= 15 is 0 Å². The van der Waals surface area contributed by atoms with Gasteiger partial charge >= 0.3 is 6.03 Å². The van der Waals surface area contributed by atoms with Gasteiger partial charge in [0, 0.05) is 5.69 Å². The Labute approximate surface area is 129 Å². The fourth-order valence-corrected chi connectivity index (χ4v) is 2.89. The molecule has 1 aliphatic rings. The number of amides is 2. The number of urea groups is 1. The van der Waals surface area contributed by atoms with E-state index in [4.69, 9.17) is 12.2 Å². The van der Waals surface area contributed by atoms with E-state index in [2.05, 4.69) is 0 Å². The van der Waals surface area contributed by atoms with Crippen LogP contribution in [0.4, 0.5) is 16.2 Å². The van der Waals surface area contributed by atoms with Gasteiger partial charge in [0.15, 0.2) is 0 Å². The summed E-state index contributed by atoms with van der Waals surface area (Å²) in [6.07, 6.45) is 0. The van der Waals surface area contributed by atoms with E-state index in [0.29, 0.717) is 4.99 Å². The average molecular weight is 296 g/mol. The number of hydrogen-bond acceptors (Lipinski definition) is 2. The first-order chi connectivity index (χ1) is 10.0. The van der Waals surface area contributed by atoms with Crippen LogP contribution in [0.3, 0.4) is 0 Å². The molecule has 4 heteroatoms. The molecule has 2 aromatic carbocycles. The van der Waals surface area contributed by atoms with Crippen molar-refractivity contribution in [1.29, 1.82) is 0 Å². The number of rotatable bonds is 2. The van der Waals surface area contributed by atoms with Gasteiger partial charge in [0.1, 0.15) is 4.99 Å². The van der Waals surface area contributed by atoms with Gasteiger partial charge in [-0.1, -0.05) is 48.6 Å². The lowest BCUT2D eigenvalue weighted by Crippen LogP contribution is -2.43. The fourth-order valence-electron chi connectivity index (χ4n) is 2.61. The van der Waals surface area contributed by atoms with Crippen molar-refractivity contribution >= 4 is 34.6 Å². The first kappa shape index (κ1) is 13.8. The third-order valence-corrected chi connectivity index (χ3v) is 4.38. The van der Waals surface area contributed by atoms with Crippen LogP contribution in [0.15, 0.2) is 60.7 Å². The number of nitrogens with zero attached hydrogens (tertiary/aromatic N) is 2. The van der Waals surface area contributed by atoms with Crippen LogP contribution in [0.5, 0.6) is 0 Å². The maximum Gasteiger partial charge on any atom is 0.334 e. The van der Waals surface area contributed by atoms with Gasteiger partial charge in [-0.15, -0.1) is 0 Å². The standard InChI is InChI=1S/C17H16N2OS/c1-17(2)15(21)18(13-9-5-3-6-10-13)16(20)19(17)14-11-7-4-8-12-14/h3-12H,1-2H3. The number of para-hydroxylation sites is 2. The highest BCUT2D eigenvalue weighted by atomic mass is 32.1. The molecular weight excluding hydrogens is 280 g/mol. The summed E-state index contributed by atoms with van der Waals surface area (Å²) >= 11 is 5.58. The molecule has 0 aliphatic carbocycles. The Morgan fingerprint density at radius 1 is 0.857 bits per heavy atom.